The van der Waals surface area contributed by atoms with Gasteiger partial charge in [0.05, 0.1) is 0 Å². The fraction of sp³-hybridized carbons (Fsp3) is 0.368. The van der Waals surface area contributed by atoms with Gasteiger partial charge in [0.1, 0.15) is 6.01 Å². The Bertz CT molecular complexity index is 655. The molecule has 2 aliphatic heterocycles. The van der Waals surface area contributed by atoms with Crippen molar-refractivity contribution in [1.82, 2.24) is 4.90 Å². The van der Waals surface area contributed by atoms with Crippen molar-refractivity contribution in [3.63, 3.8) is 0 Å². The third kappa shape index (κ3) is 2.46. The predicted molar refractivity (Wildman–Crippen MR) is 90.1 cm³/mol. The molecule has 0 saturated carbocycles. The number of fused-ring (bicyclic) bond motifs is 3. The summed E-state index contributed by atoms with van der Waals surface area (Å²) in [6.07, 6.45) is 2.59. The Kier molecular flexibility index (Phi) is 3.93. The van der Waals surface area contributed by atoms with Crippen molar-refractivity contribution in [2.75, 3.05) is 19.1 Å². The molecule has 2 heterocycles. The Balaban J connectivity index is 1.71. The van der Waals surface area contributed by atoms with E-state index in [1.807, 2.05) is 0 Å². The van der Waals surface area contributed by atoms with Crippen LogP contribution in [0, 0.1) is 0 Å². The summed E-state index contributed by atoms with van der Waals surface area (Å²) in [5, 5.41) is 0. The number of rotatable bonds is 3. The number of halogens is 1. The first kappa shape index (κ1) is 14.3. The van der Waals surface area contributed by atoms with Crippen molar-refractivity contribution < 1.29 is 4.39 Å². The molecule has 2 atom stereocenters. The van der Waals surface area contributed by atoms with Gasteiger partial charge in [0, 0.05) is 23.4 Å². The van der Waals surface area contributed by atoms with Gasteiger partial charge in [-0.1, -0.05) is 48.2 Å². The lowest BCUT2D eigenvalue weighted by atomic mass is 9.82. The van der Waals surface area contributed by atoms with Gasteiger partial charge in [-0.25, -0.2) is 4.39 Å². The summed E-state index contributed by atoms with van der Waals surface area (Å²) in [5.41, 5.74) is 4.34. The molecule has 22 heavy (non-hydrogen) atoms. The average molecular weight is 312 g/mol. The van der Waals surface area contributed by atoms with Crippen molar-refractivity contribution in [1.29, 1.82) is 0 Å². The Morgan fingerprint density at radius 1 is 1.05 bits per heavy atom. The van der Waals surface area contributed by atoms with Crippen LogP contribution in [0.5, 0.6) is 0 Å². The van der Waals surface area contributed by atoms with Gasteiger partial charge in [-0.3, -0.25) is 4.90 Å². The molecule has 0 aromatic heterocycles. The average Bonchev–Trinajstić information content (AvgIpc) is 3.04. The molecular weight excluding hydrogens is 292 g/mol. The lowest BCUT2D eigenvalue weighted by Crippen LogP contribution is -2.34. The van der Waals surface area contributed by atoms with Crippen LogP contribution in [-0.4, -0.2) is 24.0 Å². The molecule has 1 nitrogen and oxygen atoms in total. The zero-order chi connectivity index (χ0) is 14.9. The van der Waals surface area contributed by atoms with Gasteiger partial charge in [0.2, 0.25) is 0 Å². The van der Waals surface area contributed by atoms with Gasteiger partial charge < -0.3 is 0 Å². The van der Waals surface area contributed by atoms with E-state index in [-0.39, 0.29) is 6.01 Å². The molecule has 0 bridgehead atoms. The van der Waals surface area contributed by atoms with Crippen LogP contribution in [0.1, 0.15) is 41.5 Å². The molecule has 3 heteroatoms. The van der Waals surface area contributed by atoms with Crippen LogP contribution in [0.4, 0.5) is 4.39 Å². The SMILES string of the molecule is [18F]CSc1ccc([C@@H]2CN3CCC[C@@H]3c3ccccc32)cc1. The minimum atomic E-state index is -0.360. The van der Waals surface area contributed by atoms with Crippen LogP contribution in [0.15, 0.2) is 53.4 Å². The fourth-order valence-corrected chi connectivity index (χ4v) is 4.46. The van der Waals surface area contributed by atoms with E-state index in [2.05, 4.69) is 53.4 Å². The van der Waals surface area contributed by atoms with Gasteiger partial charge in [-0.05, 0) is 48.2 Å². The van der Waals surface area contributed by atoms with Crippen LogP contribution in [0.2, 0.25) is 0 Å². The highest BCUT2D eigenvalue weighted by molar-refractivity contribution is 7.99. The molecule has 1 fully saturated rings. The summed E-state index contributed by atoms with van der Waals surface area (Å²) in [7, 11) is 0. The number of hydrogen-bond acceptors (Lipinski definition) is 2. The Morgan fingerprint density at radius 3 is 2.59 bits per heavy atom. The minimum Gasteiger partial charge on any atom is -0.295 e. The van der Waals surface area contributed by atoms with Crippen molar-refractivity contribution in [2.45, 2.75) is 29.7 Å². The van der Waals surface area contributed by atoms with E-state index >= 15 is 0 Å². The Hall–Kier alpha value is -1.32. The first-order valence-electron chi connectivity index (χ1n) is 7.98. The van der Waals surface area contributed by atoms with Gasteiger partial charge in [-0.15, -0.1) is 0 Å². The van der Waals surface area contributed by atoms with Gasteiger partial charge in [0.15, 0.2) is 0 Å². The van der Waals surface area contributed by atoms with E-state index in [0.29, 0.717) is 12.0 Å². The Labute approximate surface area is 135 Å². The highest BCUT2D eigenvalue weighted by Gasteiger charge is 2.35. The van der Waals surface area contributed by atoms with Crippen LogP contribution in [-0.2, 0) is 0 Å². The summed E-state index contributed by atoms with van der Waals surface area (Å²) < 4.78 is 12.4. The number of benzene rings is 2. The topological polar surface area (TPSA) is 3.24 Å². The maximum Gasteiger partial charge on any atom is 0.139 e. The summed E-state index contributed by atoms with van der Waals surface area (Å²) in [6.45, 7) is 2.32. The van der Waals surface area contributed by atoms with Crippen molar-refractivity contribution in [2.24, 2.45) is 0 Å². The van der Waals surface area contributed by atoms with Crippen molar-refractivity contribution in [3.8, 4) is 0 Å². The molecule has 0 amide bonds. The van der Waals surface area contributed by atoms with Crippen LogP contribution in [0.3, 0.4) is 0 Å². The Morgan fingerprint density at radius 2 is 1.82 bits per heavy atom. The number of hydrogen-bond donors (Lipinski definition) is 0. The molecule has 2 aliphatic rings. The predicted octanol–water partition coefficient (Wildman–Crippen LogP) is 4.99. The summed E-state index contributed by atoms with van der Waals surface area (Å²) >= 11 is 1.25. The van der Waals surface area contributed by atoms with Crippen molar-refractivity contribution >= 4 is 11.8 Å². The summed E-state index contributed by atoms with van der Waals surface area (Å²) in [6, 6.07) is 17.6. The molecule has 2 aromatic carbocycles. The van der Waals surface area contributed by atoms with E-state index < -0.39 is 0 Å². The monoisotopic (exact) mass is 312 g/mol. The van der Waals surface area contributed by atoms with E-state index in [1.165, 1.54) is 47.8 Å². The second-order valence-electron chi connectivity index (χ2n) is 6.16. The highest BCUT2D eigenvalue weighted by Crippen LogP contribution is 2.44. The number of alkyl halides is 1. The summed E-state index contributed by atoms with van der Waals surface area (Å²) in [5.74, 6) is 0.440. The molecule has 2 aromatic rings. The van der Waals surface area contributed by atoms with E-state index in [1.54, 1.807) is 0 Å². The third-order valence-electron chi connectivity index (χ3n) is 5.01. The molecule has 1 saturated heterocycles. The first-order valence-corrected chi connectivity index (χ1v) is 8.97. The maximum atomic E-state index is 12.4. The van der Waals surface area contributed by atoms with Crippen LogP contribution >= 0.6 is 11.8 Å². The van der Waals surface area contributed by atoms with Crippen LogP contribution in [0.25, 0.3) is 0 Å². The highest BCUT2D eigenvalue weighted by atomic mass is 32.2. The number of nitrogens with zero attached hydrogens (tertiary/aromatic N) is 1. The lowest BCUT2D eigenvalue weighted by molar-refractivity contribution is 0.230. The van der Waals surface area contributed by atoms with Crippen molar-refractivity contribution in [3.05, 3.63) is 65.2 Å². The van der Waals surface area contributed by atoms with Gasteiger partial charge in [-0.2, -0.15) is 0 Å². The largest absolute Gasteiger partial charge is 0.295 e. The molecule has 0 aliphatic carbocycles. The molecule has 114 valence electrons. The molecule has 4 rings (SSSR count). The van der Waals surface area contributed by atoms with E-state index in [4.69, 9.17) is 0 Å². The maximum absolute atomic E-state index is 12.4. The third-order valence-corrected chi connectivity index (χ3v) is 5.73. The molecule has 0 spiro atoms. The first-order chi connectivity index (χ1) is 10.9. The molecule has 0 unspecified atom stereocenters. The van der Waals surface area contributed by atoms with Gasteiger partial charge in [0.25, 0.3) is 0 Å². The van der Waals surface area contributed by atoms with E-state index in [9.17, 15) is 4.39 Å². The summed E-state index contributed by atoms with van der Waals surface area (Å²) in [4.78, 5) is 3.64. The smallest absolute Gasteiger partial charge is 0.139 e. The lowest BCUT2D eigenvalue weighted by Gasteiger charge is -2.37. The van der Waals surface area contributed by atoms with E-state index in [0.717, 1.165) is 11.4 Å². The zero-order valence-corrected chi connectivity index (χ0v) is 13.4. The second-order valence-corrected chi connectivity index (χ2v) is 7.14. The quantitative estimate of drug-likeness (QED) is 0.735. The standard InChI is InChI=1S/C19H20FNS/c20-13-22-15-9-7-14(8-10-15)18-12-21-11-3-6-19(21)17-5-2-1-4-16(17)18/h1-2,4-5,7-10,18-19H,3,6,11-13H2/t18-,19+/m0/s1/i20-1. The minimum absolute atomic E-state index is 0.360. The zero-order valence-electron chi connectivity index (χ0n) is 12.5. The molecule has 0 N–H and O–H groups in total. The molecular formula is C19H20FNS. The molecule has 0 radical (unpaired) electrons. The number of thioether (sulfide) groups is 1. The van der Waals surface area contributed by atoms with Gasteiger partial charge >= 0.3 is 0 Å². The fourth-order valence-electron chi connectivity index (χ4n) is 4.01. The normalized spacial score (nSPS) is 24.0. The van der Waals surface area contributed by atoms with Crippen LogP contribution < -0.4 is 0 Å². The second kappa shape index (κ2) is 6.05.